The van der Waals surface area contributed by atoms with E-state index in [2.05, 4.69) is 13.8 Å². The van der Waals surface area contributed by atoms with E-state index in [0.29, 0.717) is 30.4 Å². The van der Waals surface area contributed by atoms with Crippen LogP contribution in [0.2, 0.25) is 0 Å². The fourth-order valence-electron chi connectivity index (χ4n) is 1.69. The first-order valence-corrected chi connectivity index (χ1v) is 6.19. The second-order valence-corrected chi connectivity index (χ2v) is 4.34. The van der Waals surface area contributed by atoms with Gasteiger partial charge in [0, 0.05) is 30.0 Å². The zero-order chi connectivity index (χ0) is 13.5. The first kappa shape index (κ1) is 14.4. The van der Waals surface area contributed by atoms with Gasteiger partial charge in [-0.25, -0.2) is 0 Å². The molecule has 0 heterocycles. The molecule has 18 heavy (non-hydrogen) atoms. The highest BCUT2D eigenvalue weighted by Gasteiger charge is 2.10. The lowest BCUT2D eigenvalue weighted by atomic mass is 10.1. The second kappa shape index (κ2) is 6.96. The molecule has 1 aromatic rings. The van der Waals surface area contributed by atoms with Crippen LogP contribution >= 0.6 is 0 Å². The van der Waals surface area contributed by atoms with Crippen molar-refractivity contribution in [3.05, 3.63) is 33.9 Å². The Kier molecular flexibility index (Phi) is 5.58. The van der Waals surface area contributed by atoms with Crippen LogP contribution in [0.3, 0.4) is 0 Å². The molecule has 0 aromatic heterocycles. The molecule has 100 valence electrons. The van der Waals surface area contributed by atoms with Crippen molar-refractivity contribution in [3.8, 4) is 0 Å². The molecule has 1 rings (SSSR count). The van der Waals surface area contributed by atoms with Crippen LogP contribution in [0.5, 0.6) is 0 Å². The molecule has 2 N–H and O–H groups in total. The van der Waals surface area contributed by atoms with Crippen LogP contribution in [0.15, 0.2) is 18.2 Å². The Morgan fingerprint density at radius 3 is 2.61 bits per heavy atom. The lowest BCUT2D eigenvalue weighted by Crippen LogP contribution is -2.08. The molecule has 0 atom stereocenters. The summed E-state index contributed by atoms with van der Waals surface area (Å²) >= 11 is 0. The van der Waals surface area contributed by atoms with E-state index >= 15 is 0 Å². The monoisotopic (exact) mass is 252 g/mol. The molecule has 0 saturated carbocycles. The van der Waals surface area contributed by atoms with E-state index in [9.17, 15) is 10.1 Å². The Labute approximate surface area is 107 Å². The largest absolute Gasteiger partial charge is 0.398 e. The SMILES string of the molecule is CCC(CC)COCc1cc([N+](=O)[O-])ccc1N. The number of nitro benzene ring substituents is 1. The molecule has 0 aliphatic rings. The fraction of sp³-hybridized carbons (Fsp3) is 0.538. The summed E-state index contributed by atoms with van der Waals surface area (Å²) in [5, 5.41) is 10.7. The van der Waals surface area contributed by atoms with Crippen LogP contribution in [0.25, 0.3) is 0 Å². The number of hydrogen-bond acceptors (Lipinski definition) is 4. The number of ether oxygens (including phenoxy) is 1. The molecular weight excluding hydrogens is 232 g/mol. The minimum Gasteiger partial charge on any atom is -0.398 e. The highest BCUT2D eigenvalue weighted by molar-refractivity contribution is 5.52. The Balaban J connectivity index is 2.61. The van der Waals surface area contributed by atoms with Crippen molar-refractivity contribution in [2.45, 2.75) is 33.3 Å². The smallest absolute Gasteiger partial charge is 0.269 e. The van der Waals surface area contributed by atoms with Crippen LogP contribution in [0, 0.1) is 16.0 Å². The minimum absolute atomic E-state index is 0.0466. The zero-order valence-electron chi connectivity index (χ0n) is 10.9. The van der Waals surface area contributed by atoms with Crippen LogP contribution < -0.4 is 5.73 Å². The number of benzene rings is 1. The topological polar surface area (TPSA) is 78.4 Å². The Morgan fingerprint density at radius 1 is 1.39 bits per heavy atom. The summed E-state index contributed by atoms with van der Waals surface area (Å²) in [6, 6.07) is 4.43. The summed E-state index contributed by atoms with van der Waals surface area (Å²) in [5.41, 5.74) is 7.02. The first-order chi connectivity index (χ1) is 8.58. The van der Waals surface area contributed by atoms with E-state index in [-0.39, 0.29) is 5.69 Å². The maximum Gasteiger partial charge on any atom is 0.269 e. The molecule has 0 spiro atoms. The van der Waals surface area contributed by atoms with Crippen LogP contribution in [-0.4, -0.2) is 11.5 Å². The summed E-state index contributed by atoms with van der Waals surface area (Å²) in [7, 11) is 0. The van der Waals surface area contributed by atoms with Crippen molar-refractivity contribution >= 4 is 11.4 Å². The molecule has 0 radical (unpaired) electrons. The number of anilines is 1. The van der Waals surface area contributed by atoms with E-state index in [0.717, 1.165) is 12.8 Å². The summed E-state index contributed by atoms with van der Waals surface area (Å²) in [6.45, 7) is 5.23. The van der Waals surface area contributed by atoms with Gasteiger partial charge in [0.1, 0.15) is 0 Å². The Bertz CT molecular complexity index is 403. The molecule has 5 nitrogen and oxygen atoms in total. The van der Waals surface area contributed by atoms with Crippen molar-refractivity contribution in [2.75, 3.05) is 12.3 Å². The van der Waals surface area contributed by atoms with Crippen molar-refractivity contribution in [1.82, 2.24) is 0 Å². The van der Waals surface area contributed by atoms with Gasteiger partial charge in [-0.2, -0.15) is 0 Å². The molecule has 1 aromatic carbocycles. The van der Waals surface area contributed by atoms with Gasteiger partial charge in [0.25, 0.3) is 5.69 Å². The lowest BCUT2D eigenvalue weighted by Gasteiger charge is -2.13. The maximum absolute atomic E-state index is 10.7. The molecule has 0 bridgehead atoms. The summed E-state index contributed by atoms with van der Waals surface area (Å²) < 4.78 is 5.58. The Hall–Kier alpha value is -1.62. The van der Waals surface area contributed by atoms with Gasteiger partial charge in [-0.1, -0.05) is 26.7 Å². The van der Waals surface area contributed by atoms with Gasteiger partial charge < -0.3 is 10.5 Å². The molecule has 0 saturated heterocycles. The van der Waals surface area contributed by atoms with Crippen LogP contribution in [-0.2, 0) is 11.3 Å². The van der Waals surface area contributed by atoms with Gasteiger partial charge in [-0.05, 0) is 12.0 Å². The van der Waals surface area contributed by atoms with Crippen molar-refractivity contribution in [1.29, 1.82) is 0 Å². The summed E-state index contributed by atoms with van der Waals surface area (Å²) in [4.78, 5) is 10.2. The summed E-state index contributed by atoms with van der Waals surface area (Å²) in [5.74, 6) is 0.532. The number of hydrogen-bond donors (Lipinski definition) is 1. The average Bonchev–Trinajstić information content (AvgIpc) is 2.36. The molecule has 5 heteroatoms. The number of nitrogens with two attached hydrogens (primary N) is 1. The van der Waals surface area contributed by atoms with E-state index in [1.807, 2.05) is 0 Å². The maximum atomic E-state index is 10.7. The number of non-ortho nitro benzene ring substituents is 1. The Morgan fingerprint density at radius 2 is 2.06 bits per heavy atom. The van der Waals surface area contributed by atoms with E-state index in [1.165, 1.54) is 12.1 Å². The molecular formula is C13H20N2O3. The number of rotatable bonds is 7. The van der Waals surface area contributed by atoms with Crippen molar-refractivity contribution in [3.63, 3.8) is 0 Å². The third-order valence-corrected chi connectivity index (χ3v) is 3.10. The molecule has 0 amide bonds. The van der Waals surface area contributed by atoms with Gasteiger partial charge in [0.05, 0.1) is 11.5 Å². The highest BCUT2D eigenvalue weighted by atomic mass is 16.6. The highest BCUT2D eigenvalue weighted by Crippen LogP contribution is 2.21. The predicted molar refractivity (Wildman–Crippen MR) is 71.2 cm³/mol. The van der Waals surface area contributed by atoms with Crippen molar-refractivity contribution in [2.24, 2.45) is 5.92 Å². The van der Waals surface area contributed by atoms with Gasteiger partial charge in [-0.3, -0.25) is 10.1 Å². The number of nitrogens with zero attached hydrogens (tertiary/aromatic N) is 1. The minimum atomic E-state index is -0.427. The fourth-order valence-corrected chi connectivity index (χ4v) is 1.69. The quantitative estimate of drug-likeness (QED) is 0.459. The second-order valence-electron chi connectivity index (χ2n) is 4.34. The lowest BCUT2D eigenvalue weighted by molar-refractivity contribution is -0.384. The third kappa shape index (κ3) is 4.00. The van der Waals surface area contributed by atoms with Gasteiger partial charge in [-0.15, -0.1) is 0 Å². The van der Waals surface area contributed by atoms with E-state index < -0.39 is 4.92 Å². The molecule has 0 unspecified atom stereocenters. The van der Waals surface area contributed by atoms with Gasteiger partial charge in [0.2, 0.25) is 0 Å². The number of nitrogen functional groups attached to an aromatic ring is 1. The van der Waals surface area contributed by atoms with Crippen LogP contribution in [0.4, 0.5) is 11.4 Å². The summed E-state index contributed by atoms with van der Waals surface area (Å²) in [6.07, 6.45) is 2.14. The molecule has 0 fully saturated rings. The predicted octanol–water partition coefficient (Wildman–Crippen LogP) is 3.13. The third-order valence-electron chi connectivity index (χ3n) is 3.10. The standard InChI is InChI=1S/C13H20N2O3/c1-3-10(4-2)8-18-9-11-7-12(15(16)17)5-6-13(11)14/h5-7,10H,3-4,8-9,14H2,1-2H3. The van der Waals surface area contributed by atoms with Crippen LogP contribution in [0.1, 0.15) is 32.3 Å². The van der Waals surface area contributed by atoms with Gasteiger partial charge in [0.15, 0.2) is 0 Å². The molecule has 0 aliphatic carbocycles. The van der Waals surface area contributed by atoms with E-state index in [1.54, 1.807) is 6.07 Å². The molecule has 0 aliphatic heterocycles. The van der Waals surface area contributed by atoms with E-state index in [4.69, 9.17) is 10.5 Å². The number of nitro groups is 1. The van der Waals surface area contributed by atoms with Gasteiger partial charge >= 0.3 is 0 Å². The van der Waals surface area contributed by atoms with Crippen molar-refractivity contribution < 1.29 is 9.66 Å². The normalized spacial score (nSPS) is 10.8. The zero-order valence-corrected chi connectivity index (χ0v) is 10.9. The first-order valence-electron chi connectivity index (χ1n) is 6.19. The average molecular weight is 252 g/mol.